The molecule has 1 heterocycles. The summed E-state index contributed by atoms with van der Waals surface area (Å²) in [6.45, 7) is 3.40. The highest BCUT2D eigenvalue weighted by Gasteiger charge is 2.18. The summed E-state index contributed by atoms with van der Waals surface area (Å²) in [5.74, 6) is 0.791. The van der Waals surface area contributed by atoms with Crippen LogP contribution in [-0.4, -0.2) is 6.54 Å². The van der Waals surface area contributed by atoms with Gasteiger partial charge >= 0.3 is 0 Å². The predicted molar refractivity (Wildman–Crippen MR) is 81.7 cm³/mol. The molecule has 0 amide bonds. The molecular formula is C18H21N. The molecule has 0 saturated heterocycles. The molecule has 0 aromatic heterocycles. The van der Waals surface area contributed by atoms with Crippen molar-refractivity contribution < 1.29 is 0 Å². The lowest BCUT2D eigenvalue weighted by molar-refractivity contribution is 0.520. The van der Waals surface area contributed by atoms with Gasteiger partial charge in [-0.1, -0.05) is 61.9 Å². The third kappa shape index (κ3) is 2.65. The Morgan fingerprint density at radius 3 is 2.68 bits per heavy atom. The molecule has 2 aromatic carbocycles. The van der Waals surface area contributed by atoms with Gasteiger partial charge in [0.1, 0.15) is 0 Å². The highest BCUT2D eigenvalue weighted by molar-refractivity contribution is 5.60. The summed E-state index contributed by atoms with van der Waals surface area (Å²) in [7, 11) is 0. The zero-order valence-electron chi connectivity index (χ0n) is 11.5. The van der Waals surface area contributed by atoms with Crippen LogP contribution in [0.3, 0.4) is 0 Å². The summed E-state index contributed by atoms with van der Waals surface area (Å²) in [5.41, 5.74) is 5.69. The van der Waals surface area contributed by atoms with Crippen molar-refractivity contribution in [2.75, 3.05) is 11.9 Å². The van der Waals surface area contributed by atoms with Crippen LogP contribution in [-0.2, 0) is 12.8 Å². The minimum absolute atomic E-state index is 0.791. The predicted octanol–water partition coefficient (Wildman–Crippen LogP) is 4.27. The number of para-hydroxylation sites is 1. The van der Waals surface area contributed by atoms with Crippen molar-refractivity contribution >= 4 is 5.69 Å². The Morgan fingerprint density at radius 1 is 1.05 bits per heavy atom. The Balaban J connectivity index is 1.87. The second-order valence-electron chi connectivity index (χ2n) is 5.47. The van der Waals surface area contributed by atoms with Gasteiger partial charge in [-0.3, -0.25) is 0 Å². The zero-order valence-corrected chi connectivity index (χ0v) is 11.5. The van der Waals surface area contributed by atoms with Crippen LogP contribution in [0.4, 0.5) is 5.69 Å². The van der Waals surface area contributed by atoms with Crippen molar-refractivity contribution in [1.82, 2.24) is 0 Å². The summed E-state index contributed by atoms with van der Waals surface area (Å²) in [6, 6.07) is 17.5. The van der Waals surface area contributed by atoms with Gasteiger partial charge in [0.05, 0.1) is 0 Å². The first-order chi connectivity index (χ1) is 9.36. The normalized spacial score (nSPS) is 17.6. The standard InChI is InChI=1S/C18H21N/c1-2-14-11-16-9-6-10-17(18(16)19-13-14)12-15-7-4-3-5-8-15/h3-10,14,19H,2,11-13H2,1H3. The highest BCUT2D eigenvalue weighted by atomic mass is 14.9. The largest absolute Gasteiger partial charge is 0.384 e. The van der Waals surface area contributed by atoms with Crippen molar-refractivity contribution in [2.45, 2.75) is 26.2 Å². The molecule has 1 atom stereocenters. The van der Waals surface area contributed by atoms with E-state index in [0.29, 0.717) is 0 Å². The van der Waals surface area contributed by atoms with Gasteiger partial charge in [-0.25, -0.2) is 0 Å². The molecule has 0 fully saturated rings. The Kier molecular flexibility index (Phi) is 3.54. The lowest BCUT2D eigenvalue weighted by Gasteiger charge is -2.27. The van der Waals surface area contributed by atoms with Crippen LogP contribution in [0.25, 0.3) is 0 Å². The molecule has 98 valence electrons. The number of hydrogen-bond acceptors (Lipinski definition) is 1. The Labute approximate surface area is 115 Å². The topological polar surface area (TPSA) is 12.0 Å². The minimum atomic E-state index is 0.791. The highest BCUT2D eigenvalue weighted by Crippen LogP contribution is 2.30. The van der Waals surface area contributed by atoms with E-state index in [0.717, 1.165) is 18.9 Å². The second kappa shape index (κ2) is 5.48. The van der Waals surface area contributed by atoms with Gasteiger partial charge in [0.25, 0.3) is 0 Å². The van der Waals surface area contributed by atoms with E-state index in [2.05, 4.69) is 60.8 Å². The molecule has 19 heavy (non-hydrogen) atoms. The van der Waals surface area contributed by atoms with Crippen LogP contribution in [0.1, 0.15) is 30.0 Å². The lowest BCUT2D eigenvalue weighted by atomic mass is 9.89. The zero-order chi connectivity index (χ0) is 13.1. The average Bonchev–Trinajstić information content (AvgIpc) is 2.48. The number of rotatable bonds is 3. The van der Waals surface area contributed by atoms with Crippen molar-refractivity contribution in [1.29, 1.82) is 0 Å². The van der Waals surface area contributed by atoms with Crippen molar-refractivity contribution in [3.63, 3.8) is 0 Å². The van der Waals surface area contributed by atoms with E-state index in [1.165, 1.54) is 35.2 Å². The summed E-state index contributed by atoms with van der Waals surface area (Å²) in [5, 5.41) is 3.65. The van der Waals surface area contributed by atoms with E-state index in [-0.39, 0.29) is 0 Å². The molecule has 1 unspecified atom stereocenters. The van der Waals surface area contributed by atoms with Gasteiger partial charge in [-0.2, -0.15) is 0 Å². The van der Waals surface area contributed by atoms with Crippen LogP contribution in [0.2, 0.25) is 0 Å². The summed E-state index contributed by atoms with van der Waals surface area (Å²) in [6.07, 6.45) is 3.50. The minimum Gasteiger partial charge on any atom is -0.384 e. The number of benzene rings is 2. The van der Waals surface area contributed by atoms with E-state index < -0.39 is 0 Å². The molecule has 1 aliphatic heterocycles. The van der Waals surface area contributed by atoms with E-state index in [9.17, 15) is 0 Å². The van der Waals surface area contributed by atoms with Gasteiger partial charge in [-0.05, 0) is 35.4 Å². The molecule has 0 spiro atoms. The fourth-order valence-electron chi connectivity index (χ4n) is 2.93. The quantitative estimate of drug-likeness (QED) is 0.859. The summed E-state index contributed by atoms with van der Waals surface area (Å²) in [4.78, 5) is 0. The van der Waals surface area contributed by atoms with Gasteiger partial charge in [0, 0.05) is 12.2 Å². The maximum absolute atomic E-state index is 3.65. The number of fused-ring (bicyclic) bond motifs is 1. The average molecular weight is 251 g/mol. The van der Waals surface area contributed by atoms with E-state index in [1.807, 2.05) is 0 Å². The molecule has 0 radical (unpaired) electrons. The second-order valence-corrected chi connectivity index (χ2v) is 5.47. The Bertz CT molecular complexity index is 545. The molecule has 2 aromatic rings. The summed E-state index contributed by atoms with van der Waals surface area (Å²) < 4.78 is 0. The monoisotopic (exact) mass is 251 g/mol. The molecule has 1 heteroatoms. The van der Waals surface area contributed by atoms with Crippen LogP contribution in [0, 0.1) is 5.92 Å². The maximum Gasteiger partial charge on any atom is 0.0408 e. The van der Waals surface area contributed by atoms with Gasteiger partial charge in [-0.15, -0.1) is 0 Å². The SMILES string of the molecule is CCC1CNc2c(Cc3ccccc3)cccc2C1. The van der Waals surface area contributed by atoms with E-state index in [1.54, 1.807) is 0 Å². The Morgan fingerprint density at radius 2 is 1.89 bits per heavy atom. The number of hydrogen-bond donors (Lipinski definition) is 1. The molecular weight excluding hydrogens is 230 g/mol. The molecule has 0 saturated carbocycles. The van der Waals surface area contributed by atoms with Gasteiger partial charge < -0.3 is 5.32 Å². The maximum atomic E-state index is 3.65. The fraction of sp³-hybridized carbons (Fsp3) is 0.333. The molecule has 0 bridgehead atoms. The van der Waals surface area contributed by atoms with Crippen LogP contribution >= 0.6 is 0 Å². The molecule has 1 N–H and O–H groups in total. The lowest BCUT2D eigenvalue weighted by Crippen LogP contribution is -2.23. The summed E-state index contributed by atoms with van der Waals surface area (Å²) >= 11 is 0. The van der Waals surface area contributed by atoms with Crippen molar-refractivity contribution in [3.05, 3.63) is 65.2 Å². The van der Waals surface area contributed by atoms with Gasteiger partial charge in [0.15, 0.2) is 0 Å². The van der Waals surface area contributed by atoms with Crippen LogP contribution < -0.4 is 5.32 Å². The van der Waals surface area contributed by atoms with Crippen LogP contribution in [0.5, 0.6) is 0 Å². The first-order valence-corrected chi connectivity index (χ1v) is 7.25. The first kappa shape index (κ1) is 12.3. The van der Waals surface area contributed by atoms with Crippen molar-refractivity contribution in [3.8, 4) is 0 Å². The number of nitrogens with one attached hydrogen (secondary N) is 1. The first-order valence-electron chi connectivity index (χ1n) is 7.25. The van der Waals surface area contributed by atoms with E-state index >= 15 is 0 Å². The third-order valence-corrected chi connectivity index (χ3v) is 4.13. The van der Waals surface area contributed by atoms with Crippen LogP contribution in [0.15, 0.2) is 48.5 Å². The molecule has 0 aliphatic carbocycles. The van der Waals surface area contributed by atoms with E-state index in [4.69, 9.17) is 0 Å². The molecule has 1 nitrogen and oxygen atoms in total. The number of anilines is 1. The van der Waals surface area contributed by atoms with Crippen molar-refractivity contribution in [2.24, 2.45) is 5.92 Å². The Hall–Kier alpha value is -1.76. The smallest absolute Gasteiger partial charge is 0.0408 e. The molecule has 1 aliphatic rings. The molecule has 3 rings (SSSR count). The third-order valence-electron chi connectivity index (χ3n) is 4.13. The fourth-order valence-corrected chi connectivity index (χ4v) is 2.93. The van der Waals surface area contributed by atoms with Gasteiger partial charge in [0.2, 0.25) is 0 Å².